The fourth-order valence-corrected chi connectivity index (χ4v) is 3.06. The SMILES string of the molecule is C=CC(=O)NCC1Cc2ccccc2N(C(=O)c2ccccc2)C1. The van der Waals surface area contributed by atoms with Crippen LogP contribution >= 0.6 is 0 Å². The molecular formula is C20H20N2O2. The second-order valence-corrected chi connectivity index (χ2v) is 5.93. The Morgan fingerprint density at radius 1 is 1.12 bits per heavy atom. The first-order chi connectivity index (χ1) is 11.7. The van der Waals surface area contributed by atoms with Gasteiger partial charge in [-0.3, -0.25) is 9.59 Å². The van der Waals surface area contributed by atoms with Crippen molar-refractivity contribution in [3.05, 3.63) is 78.4 Å². The summed E-state index contributed by atoms with van der Waals surface area (Å²) in [6.07, 6.45) is 2.11. The van der Waals surface area contributed by atoms with Gasteiger partial charge in [-0.2, -0.15) is 0 Å². The number of amides is 2. The maximum atomic E-state index is 12.9. The quantitative estimate of drug-likeness (QED) is 0.881. The number of para-hydroxylation sites is 1. The summed E-state index contributed by atoms with van der Waals surface area (Å²) >= 11 is 0. The van der Waals surface area contributed by atoms with E-state index in [2.05, 4.69) is 11.9 Å². The normalized spacial score (nSPS) is 16.2. The molecule has 0 bridgehead atoms. The van der Waals surface area contributed by atoms with Crippen molar-refractivity contribution in [2.24, 2.45) is 5.92 Å². The zero-order valence-electron chi connectivity index (χ0n) is 13.4. The van der Waals surface area contributed by atoms with Crippen molar-refractivity contribution in [2.75, 3.05) is 18.0 Å². The van der Waals surface area contributed by atoms with Crippen LogP contribution in [0.15, 0.2) is 67.3 Å². The first-order valence-electron chi connectivity index (χ1n) is 8.04. The molecule has 2 aromatic carbocycles. The molecule has 2 amide bonds. The summed E-state index contributed by atoms with van der Waals surface area (Å²) in [7, 11) is 0. The molecule has 0 fully saturated rings. The molecule has 4 nitrogen and oxygen atoms in total. The highest BCUT2D eigenvalue weighted by Gasteiger charge is 2.28. The molecule has 1 heterocycles. The summed E-state index contributed by atoms with van der Waals surface area (Å²) < 4.78 is 0. The number of nitrogens with one attached hydrogen (secondary N) is 1. The number of rotatable bonds is 4. The third-order valence-corrected chi connectivity index (χ3v) is 4.25. The van der Waals surface area contributed by atoms with Crippen LogP contribution in [0.25, 0.3) is 0 Å². The Labute approximate surface area is 141 Å². The van der Waals surface area contributed by atoms with Gasteiger partial charge in [-0.25, -0.2) is 0 Å². The van der Waals surface area contributed by atoms with Crippen molar-refractivity contribution in [1.29, 1.82) is 0 Å². The summed E-state index contributed by atoms with van der Waals surface area (Å²) in [5, 5.41) is 2.84. The van der Waals surface area contributed by atoms with Gasteiger partial charge in [0.25, 0.3) is 5.91 Å². The van der Waals surface area contributed by atoms with E-state index >= 15 is 0 Å². The largest absolute Gasteiger partial charge is 0.352 e. The van der Waals surface area contributed by atoms with Crippen LogP contribution in [-0.2, 0) is 11.2 Å². The third kappa shape index (κ3) is 3.38. The number of hydrogen-bond acceptors (Lipinski definition) is 2. The van der Waals surface area contributed by atoms with Gasteiger partial charge in [0, 0.05) is 24.3 Å². The number of fused-ring (bicyclic) bond motifs is 1. The van der Waals surface area contributed by atoms with Crippen LogP contribution in [0.4, 0.5) is 5.69 Å². The van der Waals surface area contributed by atoms with E-state index in [-0.39, 0.29) is 17.7 Å². The number of anilines is 1. The lowest BCUT2D eigenvalue weighted by Gasteiger charge is -2.34. The molecule has 0 radical (unpaired) electrons. The van der Waals surface area contributed by atoms with Crippen LogP contribution in [0.1, 0.15) is 15.9 Å². The molecule has 1 aliphatic rings. The zero-order chi connectivity index (χ0) is 16.9. The average Bonchev–Trinajstić information content (AvgIpc) is 2.65. The molecule has 0 aromatic heterocycles. The molecule has 3 rings (SSSR count). The first-order valence-corrected chi connectivity index (χ1v) is 8.04. The van der Waals surface area contributed by atoms with Gasteiger partial charge in [0.2, 0.25) is 5.91 Å². The Bertz CT molecular complexity index is 755. The van der Waals surface area contributed by atoms with Gasteiger partial charge in [-0.15, -0.1) is 0 Å². The molecule has 4 heteroatoms. The smallest absolute Gasteiger partial charge is 0.258 e. The average molecular weight is 320 g/mol. The summed E-state index contributed by atoms with van der Waals surface area (Å²) in [6.45, 7) is 4.58. The van der Waals surface area contributed by atoms with Crippen LogP contribution in [0.3, 0.4) is 0 Å². The summed E-state index contributed by atoms with van der Waals surface area (Å²) in [5.74, 6) is -0.0194. The topological polar surface area (TPSA) is 49.4 Å². The lowest BCUT2D eigenvalue weighted by molar-refractivity contribution is -0.116. The predicted octanol–water partition coefficient (Wildman–Crippen LogP) is 2.81. The minimum Gasteiger partial charge on any atom is -0.352 e. The predicted molar refractivity (Wildman–Crippen MR) is 95.0 cm³/mol. The van der Waals surface area contributed by atoms with Crippen LogP contribution in [0, 0.1) is 5.92 Å². The number of carbonyl (C=O) groups is 2. The van der Waals surface area contributed by atoms with E-state index in [0.29, 0.717) is 18.7 Å². The maximum Gasteiger partial charge on any atom is 0.258 e. The summed E-state index contributed by atoms with van der Waals surface area (Å²) in [4.78, 5) is 26.2. The highest BCUT2D eigenvalue weighted by atomic mass is 16.2. The molecule has 0 saturated heterocycles. The highest BCUT2D eigenvalue weighted by molar-refractivity contribution is 6.06. The van der Waals surface area contributed by atoms with Gasteiger partial charge in [0.1, 0.15) is 0 Å². The lowest BCUT2D eigenvalue weighted by Crippen LogP contribution is -2.43. The van der Waals surface area contributed by atoms with Crippen LogP contribution in [0.5, 0.6) is 0 Å². The first kappa shape index (κ1) is 16.0. The van der Waals surface area contributed by atoms with Gasteiger partial charge >= 0.3 is 0 Å². The van der Waals surface area contributed by atoms with Gasteiger partial charge in [-0.1, -0.05) is 43.0 Å². The molecule has 1 aliphatic heterocycles. The van der Waals surface area contributed by atoms with E-state index < -0.39 is 0 Å². The van der Waals surface area contributed by atoms with Gasteiger partial charge in [0.15, 0.2) is 0 Å². The lowest BCUT2D eigenvalue weighted by atomic mass is 9.91. The van der Waals surface area contributed by atoms with E-state index in [4.69, 9.17) is 0 Å². The fourth-order valence-electron chi connectivity index (χ4n) is 3.06. The molecule has 1 N–H and O–H groups in total. The molecule has 1 atom stereocenters. The van der Waals surface area contributed by atoms with Crippen molar-refractivity contribution < 1.29 is 9.59 Å². The van der Waals surface area contributed by atoms with Gasteiger partial charge < -0.3 is 10.2 Å². The van der Waals surface area contributed by atoms with Crippen LogP contribution in [0.2, 0.25) is 0 Å². The van der Waals surface area contributed by atoms with E-state index in [0.717, 1.165) is 17.7 Å². The minimum absolute atomic E-state index is 0.0113. The van der Waals surface area contributed by atoms with Gasteiger partial charge in [0.05, 0.1) is 0 Å². The summed E-state index contributed by atoms with van der Waals surface area (Å²) in [5.41, 5.74) is 2.76. The molecule has 1 unspecified atom stereocenters. The van der Waals surface area contributed by atoms with Crippen molar-refractivity contribution in [3.63, 3.8) is 0 Å². The van der Waals surface area contributed by atoms with Crippen LogP contribution in [-0.4, -0.2) is 24.9 Å². The Morgan fingerprint density at radius 3 is 2.58 bits per heavy atom. The molecule has 0 spiro atoms. The monoisotopic (exact) mass is 320 g/mol. The van der Waals surface area contributed by atoms with Crippen LogP contribution < -0.4 is 10.2 Å². The van der Waals surface area contributed by atoms with E-state index in [9.17, 15) is 9.59 Å². The number of carbonyl (C=O) groups excluding carboxylic acids is 2. The van der Waals surface area contributed by atoms with Crippen molar-refractivity contribution in [1.82, 2.24) is 5.32 Å². The third-order valence-electron chi connectivity index (χ3n) is 4.25. The standard InChI is InChI=1S/C20H20N2O2/c1-2-19(23)21-13-15-12-17-10-6-7-11-18(17)22(14-15)20(24)16-8-4-3-5-9-16/h2-11,15H,1,12-14H2,(H,21,23). The molecule has 122 valence electrons. The Kier molecular flexibility index (Phi) is 4.75. The van der Waals surface area contributed by atoms with Crippen molar-refractivity contribution in [3.8, 4) is 0 Å². The maximum absolute atomic E-state index is 12.9. The highest BCUT2D eigenvalue weighted by Crippen LogP contribution is 2.30. The number of benzene rings is 2. The number of nitrogens with zero attached hydrogens (tertiary/aromatic N) is 1. The van der Waals surface area contributed by atoms with E-state index in [1.165, 1.54) is 6.08 Å². The second kappa shape index (κ2) is 7.13. The molecule has 24 heavy (non-hydrogen) atoms. The van der Waals surface area contributed by atoms with Gasteiger partial charge in [-0.05, 0) is 42.2 Å². The Hall–Kier alpha value is -2.88. The van der Waals surface area contributed by atoms with Crippen molar-refractivity contribution >= 4 is 17.5 Å². The fraction of sp³-hybridized carbons (Fsp3) is 0.200. The second-order valence-electron chi connectivity index (χ2n) is 5.93. The molecule has 0 aliphatic carbocycles. The van der Waals surface area contributed by atoms with E-state index in [1.54, 1.807) is 0 Å². The zero-order valence-corrected chi connectivity index (χ0v) is 13.4. The van der Waals surface area contributed by atoms with E-state index in [1.807, 2.05) is 59.5 Å². The number of hydrogen-bond donors (Lipinski definition) is 1. The molecule has 2 aromatic rings. The van der Waals surface area contributed by atoms with Crippen molar-refractivity contribution in [2.45, 2.75) is 6.42 Å². The Morgan fingerprint density at radius 2 is 1.83 bits per heavy atom. The molecule has 0 saturated carbocycles. The minimum atomic E-state index is -0.185. The molecular weight excluding hydrogens is 300 g/mol. The summed E-state index contributed by atoms with van der Waals surface area (Å²) in [6, 6.07) is 17.2. The Balaban J connectivity index is 1.85.